The van der Waals surface area contributed by atoms with Crippen molar-refractivity contribution in [1.82, 2.24) is 14.5 Å². The Morgan fingerprint density at radius 1 is 1.22 bits per heavy atom. The first kappa shape index (κ1) is 20.1. The van der Waals surface area contributed by atoms with Crippen LogP contribution in [0, 0.1) is 5.21 Å². The number of aromatic nitrogens is 3. The molecule has 1 amide bonds. The number of halogens is 2. The third-order valence-corrected chi connectivity index (χ3v) is 7.02. The average Bonchev–Trinajstić information content (AvgIpc) is 3.35. The van der Waals surface area contributed by atoms with Gasteiger partial charge in [0.25, 0.3) is 5.91 Å². The summed E-state index contributed by atoms with van der Waals surface area (Å²) in [7, 11) is 0. The number of carbonyl (C=O) groups excluding carboxylic acids is 1. The second-order valence-corrected chi connectivity index (χ2v) is 9.77. The Bertz CT molecular complexity index is 1680. The first-order chi connectivity index (χ1) is 18.8. The van der Waals surface area contributed by atoms with Crippen molar-refractivity contribution in [2.45, 2.75) is 44.6 Å². The molecule has 10 heteroatoms. The number of pyridine rings is 1. The fourth-order valence-corrected chi connectivity index (χ4v) is 5.41. The number of carbonyl (C=O) groups is 1. The number of fused-ring (bicyclic) bond motifs is 9. The van der Waals surface area contributed by atoms with Gasteiger partial charge in [-0.15, -0.1) is 0 Å². The molecule has 0 spiro atoms. The maximum atomic E-state index is 13.5. The van der Waals surface area contributed by atoms with Crippen molar-refractivity contribution in [2.75, 3.05) is 6.98 Å². The number of aliphatic hydroxyl groups is 1. The van der Waals surface area contributed by atoms with Crippen molar-refractivity contribution in [1.29, 1.82) is 0 Å². The lowest BCUT2D eigenvalue weighted by molar-refractivity contribution is -0.621. The number of rotatable bonds is 4. The van der Waals surface area contributed by atoms with E-state index in [0.717, 1.165) is 4.90 Å². The largest absolute Gasteiger partial charge is 0.618 e. The van der Waals surface area contributed by atoms with Gasteiger partial charge in [-0.05, 0) is 49.7 Å². The summed E-state index contributed by atoms with van der Waals surface area (Å²) in [6.45, 7) is -2.96. The van der Waals surface area contributed by atoms with E-state index in [4.69, 9.17) is 8.85 Å². The van der Waals surface area contributed by atoms with Crippen molar-refractivity contribution in [3.8, 4) is 16.9 Å². The van der Waals surface area contributed by atoms with Gasteiger partial charge in [0, 0.05) is 40.3 Å². The summed E-state index contributed by atoms with van der Waals surface area (Å²) in [5, 5.41) is 22.9. The highest BCUT2D eigenvalue weighted by atomic mass is 19.3. The second-order valence-electron chi connectivity index (χ2n) is 9.77. The van der Waals surface area contributed by atoms with E-state index in [1.54, 1.807) is 28.8 Å². The Hall–Kier alpha value is -4.05. The van der Waals surface area contributed by atoms with Crippen LogP contribution in [0.15, 0.2) is 54.7 Å². The van der Waals surface area contributed by atoms with Crippen LogP contribution in [0.1, 0.15) is 63.9 Å². The molecule has 0 saturated carbocycles. The molecule has 0 radical (unpaired) electrons. The predicted molar refractivity (Wildman–Crippen MR) is 130 cm³/mol. The number of amides is 1. The van der Waals surface area contributed by atoms with Gasteiger partial charge in [-0.25, -0.2) is 4.98 Å². The van der Waals surface area contributed by atoms with E-state index in [-0.39, 0.29) is 29.0 Å². The number of benzene rings is 2. The molecule has 2 atom stereocenters. The molecule has 37 heavy (non-hydrogen) atoms. The highest BCUT2D eigenvalue weighted by molar-refractivity contribution is 5.98. The normalized spacial score (nSPS) is 20.3. The van der Waals surface area contributed by atoms with Crippen molar-refractivity contribution < 1.29 is 32.3 Å². The molecule has 2 aromatic carbocycles. The Kier molecular flexibility index (Phi) is 4.32. The fourth-order valence-electron chi connectivity index (χ4n) is 5.41. The highest BCUT2D eigenvalue weighted by Crippen LogP contribution is 2.50. The minimum absolute atomic E-state index is 0.0277. The van der Waals surface area contributed by atoms with E-state index in [1.165, 1.54) is 44.3 Å². The number of alkyl halides is 2. The zero-order valence-corrected chi connectivity index (χ0v) is 19.9. The van der Waals surface area contributed by atoms with Crippen LogP contribution in [0.4, 0.5) is 8.78 Å². The van der Waals surface area contributed by atoms with Gasteiger partial charge in [0.1, 0.15) is 17.2 Å². The number of ether oxygens (including phenoxy) is 1. The van der Waals surface area contributed by atoms with Crippen molar-refractivity contribution >= 4 is 16.9 Å². The standard InChI is InChI=1S/C27H24F2N4O4/c1-27(2,35)22-10-8-15(13-32(22)36)14-7-9-17-18(11-14)33-19-12-20(24(33)30-17)31(3)25(34)16-5-4-6-21(23(16)19)37-26(28)29/h4-11,13,19-20,26,35H,12H2,1-3H3/t19-,20-/m1/s1/i3D3. The molecule has 2 bridgehead atoms. The molecule has 4 heterocycles. The number of hydrogen-bond donors (Lipinski definition) is 1. The molecule has 1 N–H and O–H groups in total. The summed E-state index contributed by atoms with van der Waals surface area (Å²) < 4.78 is 58.3. The van der Waals surface area contributed by atoms with Gasteiger partial charge in [0.15, 0.2) is 6.20 Å². The summed E-state index contributed by atoms with van der Waals surface area (Å²) in [5.74, 6) is -0.707. The molecule has 2 aliphatic heterocycles. The topological polar surface area (TPSA) is 94.5 Å². The average molecular weight is 510 g/mol. The van der Waals surface area contributed by atoms with Crippen LogP contribution >= 0.6 is 0 Å². The quantitative estimate of drug-likeness (QED) is 0.327. The van der Waals surface area contributed by atoms with Crippen LogP contribution in [0.3, 0.4) is 0 Å². The van der Waals surface area contributed by atoms with Gasteiger partial charge in [-0.1, -0.05) is 12.1 Å². The zero-order valence-electron chi connectivity index (χ0n) is 22.9. The van der Waals surface area contributed by atoms with E-state index in [2.05, 4.69) is 4.98 Å². The predicted octanol–water partition coefficient (Wildman–Crippen LogP) is 4.29. The zero-order chi connectivity index (χ0) is 28.7. The Balaban J connectivity index is 1.57. The molecule has 6 rings (SSSR count). The lowest BCUT2D eigenvalue weighted by Gasteiger charge is -2.24. The molecule has 2 aliphatic rings. The Morgan fingerprint density at radius 2 is 2.00 bits per heavy atom. The van der Waals surface area contributed by atoms with Crippen molar-refractivity contribution in [2.24, 2.45) is 0 Å². The third-order valence-electron chi connectivity index (χ3n) is 7.02. The summed E-state index contributed by atoms with van der Waals surface area (Å²) in [4.78, 5) is 19.0. The smallest absolute Gasteiger partial charge is 0.387 e. The minimum atomic E-state index is -3.16. The monoisotopic (exact) mass is 509 g/mol. The fraction of sp³-hybridized carbons (Fsp3) is 0.296. The van der Waals surface area contributed by atoms with Gasteiger partial charge >= 0.3 is 6.61 Å². The Labute approximate surface area is 215 Å². The molecular weight excluding hydrogens is 482 g/mol. The first-order valence-electron chi connectivity index (χ1n) is 13.2. The van der Waals surface area contributed by atoms with E-state index >= 15 is 0 Å². The van der Waals surface area contributed by atoms with Crippen LogP contribution in [0.2, 0.25) is 0 Å². The molecule has 2 aromatic heterocycles. The highest BCUT2D eigenvalue weighted by Gasteiger charge is 2.45. The lowest BCUT2D eigenvalue weighted by atomic mass is 9.97. The number of hydrogen-bond acceptors (Lipinski definition) is 5. The molecule has 0 saturated heterocycles. The minimum Gasteiger partial charge on any atom is -0.618 e. The molecule has 8 nitrogen and oxygen atoms in total. The lowest BCUT2D eigenvalue weighted by Crippen LogP contribution is -2.39. The van der Waals surface area contributed by atoms with E-state index in [0.29, 0.717) is 32.7 Å². The van der Waals surface area contributed by atoms with Crippen LogP contribution in [0.5, 0.6) is 5.75 Å². The van der Waals surface area contributed by atoms with Crippen LogP contribution < -0.4 is 9.47 Å². The van der Waals surface area contributed by atoms with Crippen molar-refractivity contribution in [3.63, 3.8) is 0 Å². The van der Waals surface area contributed by atoms with Gasteiger partial charge in [-0.3, -0.25) is 4.79 Å². The van der Waals surface area contributed by atoms with Gasteiger partial charge in [0.05, 0.1) is 23.1 Å². The maximum absolute atomic E-state index is 13.5. The third kappa shape index (κ3) is 3.54. The molecule has 0 aliphatic carbocycles. The van der Waals surface area contributed by atoms with Crippen molar-refractivity contribution in [3.05, 3.63) is 82.6 Å². The summed E-state index contributed by atoms with van der Waals surface area (Å²) in [6, 6.07) is 10.9. The molecule has 0 unspecified atom stereocenters. The van der Waals surface area contributed by atoms with Gasteiger partial charge < -0.3 is 24.5 Å². The number of nitrogens with zero attached hydrogens (tertiary/aromatic N) is 4. The molecular formula is C27H24F2N4O4. The van der Waals surface area contributed by atoms with Crippen LogP contribution in [-0.2, 0) is 5.60 Å². The maximum Gasteiger partial charge on any atom is 0.387 e. The molecule has 0 fully saturated rings. The van der Waals surface area contributed by atoms with E-state index in [9.17, 15) is 23.9 Å². The van der Waals surface area contributed by atoms with Gasteiger partial charge in [0.2, 0.25) is 5.69 Å². The van der Waals surface area contributed by atoms with Gasteiger partial charge in [-0.2, -0.15) is 13.5 Å². The second kappa shape index (κ2) is 7.97. The van der Waals surface area contributed by atoms with E-state index < -0.39 is 37.2 Å². The summed E-state index contributed by atoms with van der Waals surface area (Å²) >= 11 is 0. The van der Waals surface area contributed by atoms with Crippen LogP contribution in [0.25, 0.3) is 22.2 Å². The first-order valence-corrected chi connectivity index (χ1v) is 11.7. The number of imidazole rings is 1. The summed E-state index contributed by atoms with van der Waals surface area (Å²) in [6.07, 6.45) is 1.45. The molecule has 190 valence electrons. The van der Waals surface area contributed by atoms with Crippen LogP contribution in [-0.4, -0.2) is 39.1 Å². The molecule has 4 aromatic rings. The summed E-state index contributed by atoms with van der Waals surface area (Å²) in [5.41, 5.74) is 1.24. The SMILES string of the molecule is [2H]C([2H])([2H])N1C(=O)c2cccc(OC(F)F)c2[C@H]2C[C@@H]1c1nc3ccc(-c4ccc(C(C)(C)O)[n+]([O-])c4)cc3n12. The van der Waals surface area contributed by atoms with E-state index in [1.807, 2.05) is 0 Å². The Morgan fingerprint density at radius 3 is 2.70 bits per heavy atom.